The van der Waals surface area contributed by atoms with E-state index in [1.54, 1.807) is 27.7 Å². The molecule has 0 bridgehead atoms. The van der Waals surface area contributed by atoms with Crippen LogP contribution in [0.5, 0.6) is 0 Å². The number of rotatable bonds is 15. The SMILES string of the molecule is CCOOCCC[Si](O/C(C)=C\C(C)=O)(O/C(C)=C/C(C)=O)O/C(C)=C/C(C)=O. The van der Waals surface area contributed by atoms with Crippen LogP contribution >= 0.6 is 0 Å². The average Bonchev–Trinajstić information content (AvgIpc) is 2.51. The van der Waals surface area contributed by atoms with Crippen LogP contribution < -0.4 is 0 Å². The van der Waals surface area contributed by atoms with Crippen LogP contribution in [0.1, 0.15) is 54.9 Å². The Hall–Kier alpha value is -2.23. The topological polar surface area (TPSA) is 97.4 Å². The van der Waals surface area contributed by atoms with E-state index in [-0.39, 0.29) is 30.0 Å². The summed E-state index contributed by atoms with van der Waals surface area (Å²) in [6.45, 7) is 11.5. The van der Waals surface area contributed by atoms with Gasteiger partial charge in [-0.15, -0.1) is 0 Å². The lowest BCUT2D eigenvalue weighted by molar-refractivity contribution is -0.291. The third-order valence-electron chi connectivity index (χ3n) is 3.08. The van der Waals surface area contributed by atoms with Crippen molar-refractivity contribution in [1.29, 1.82) is 0 Å². The van der Waals surface area contributed by atoms with Gasteiger partial charge in [-0.1, -0.05) is 0 Å². The van der Waals surface area contributed by atoms with Gasteiger partial charge in [0, 0.05) is 18.2 Å². The van der Waals surface area contributed by atoms with E-state index in [2.05, 4.69) is 0 Å². The maximum Gasteiger partial charge on any atom is 0.698 e. The lowest BCUT2D eigenvalue weighted by atomic mass is 10.4. The van der Waals surface area contributed by atoms with E-state index in [0.717, 1.165) is 0 Å². The van der Waals surface area contributed by atoms with Crippen LogP contribution in [0.4, 0.5) is 0 Å². The van der Waals surface area contributed by atoms with Gasteiger partial charge in [-0.2, -0.15) is 0 Å². The summed E-state index contributed by atoms with van der Waals surface area (Å²) in [5.41, 5.74) is 0. The van der Waals surface area contributed by atoms with Gasteiger partial charge in [-0.3, -0.25) is 14.4 Å². The van der Waals surface area contributed by atoms with Crippen molar-refractivity contribution < 1.29 is 37.4 Å². The summed E-state index contributed by atoms with van der Waals surface area (Å²) in [5.74, 6) is 0.328. The van der Waals surface area contributed by atoms with Gasteiger partial charge in [0.25, 0.3) is 0 Å². The van der Waals surface area contributed by atoms with Crippen molar-refractivity contribution in [3.63, 3.8) is 0 Å². The molecule has 0 amide bonds. The molecule has 9 heteroatoms. The maximum absolute atomic E-state index is 11.4. The van der Waals surface area contributed by atoms with Crippen LogP contribution in [0.15, 0.2) is 35.5 Å². The number of hydrogen-bond donors (Lipinski definition) is 0. The lowest BCUT2D eigenvalue weighted by Gasteiger charge is -2.31. The number of allylic oxidation sites excluding steroid dienone is 6. The molecule has 0 aromatic heterocycles. The minimum absolute atomic E-state index is 0.197. The van der Waals surface area contributed by atoms with Crippen molar-refractivity contribution in [2.24, 2.45) is 0 Å². The maximum atomic E-state index is 11.4. The molecule has 0 N–H and O–H groups in total. The number of carbonyl (C=O) groups excluding carboxylic acids is 3. The van der Waals surface area contributed by atoms with Gasteiger partial charge in [0.2, 0.25) is 0 Å². The molecule has 164 valence electrons. The van der Waals surface area contributed by atoms with E-state index in [4.69, 9.17) is 23.1 Å². The second kappa shape index (κ2) is 13.9. The standard InChI is InChI=1S/C20H32O8Si/c1-8-24-25-10-9-11-29(26-18(5)12-15(2)21,27-19(6)13-16(3)22)28-20(7)14-17(4)23/h12-14H,8-11H2,1-7H3/b18-12-,19-13+,20-14+. The van der Waals surface area contributed by atoms with E-state index >= 15 is 0 Å². The smallest absolute Gasteiger partial charge is 0.487 e. The first-order chi connectivity index (χ1) is 13.5. The van der Waals surface area contributed by atoms with Gasteiger partial charge in [0.05, 0.1) is 36.5 Å². The monoisotopic (exact) mass is 428 g/mol. The van der Waals surface area contributed by atoms with Crippen LogP contribution in [0, 0.1) is 0 Å². The highest BCUT2D eigenvalue weighted by Gasteiger charge is 2.49. The average molecular weight is 429 g/mol. The Morgan fingerprint density at radius 2 is 1.07 bits per heavy atom. The molecule has 0 aromatic carbocycles. The molecule has 0 aliphatic heterocycles. The Labute approximate surface area is 173 Å². The summed E-state index contributed by atoms with van der Waals surface area (Å²) < 4.78 is 18.0. The zero-order valence-electron chi connectivity index (χ0n) is 18.3. The van der Waals surface area contributed by atoms with Crippen LogP contribution in [-0.4, -0.2) is 39.4 Å². The molecule has 0 aromatic rings. The first-order valence-corrected chi connectivity index (χ1v) is 11.3. The van der Waals surface area contributed by atoms with Crippen LogP contribution in [0.25, 0.3) is 0 Å². The van der Waals surface area contributed by atoms with Gasteiger partial charge in [0.15, 0.2) is 17.3 Å². The van der Waals surface area contributed by atoms with Gasteiger partial charge in [0.1, 0.15) is 0 Å². The fraction of sp³-hybridized carbons (Fsp3) is 0.550. The van der Waals surface area contributed by atoms with Crippen molar-refractivity contribution in [1.82, 2.24) is 0 Å². The molecule has 29 heavy (non-hydrogen) atoms. The Kier molecular flexibility index (Phi) is 12.8. The fourth-order valence-corrected chi connectivity index (χ4v) is 5.05. The van der Waals surface area contributed by atoms with Crippen molar-refractivity contribution in [3.8, 4) is 0 Å². The van der Waals surface area contributed by atoms with E-state index in [1.807, 2.05) is 0 Å². The van der Waals surface area contributed by atoms with Gasteiger partial charge >= 0.3 is 8.80 Å². The quantitative estimate of drug-likeness (QED) is 0.0970. The molecule has 0 saturated carbocycles. The van der Waals surface area contributed by atoms with Crippen molar-refractivity contribution in [2.45, 2.75) is 60.9 Å². The summed E-state index contributed by atoms with van der Waals surface area (Å²) in [7, 11) is -3.54. The van der Waals surface area contributed by atoms with Gasteiger partial charge < -0.3 is 13.3 Å². The molecule has 8 nitrogen and oxygen atoms in total. The lowest BCUT2D eigenvalue weighted by Crippen LogP contribution is -2.45. The Balaban J connectivity index is 5.88. The summed E-state index contributed by atoms with van der Waals surface area (Å²) in [5, 5.41) is 0. The highest BCUT2D eigenvalue weighted by Crippen LogP contribution is 2.27. The molecule has 0 aliphatic carbocycles. The minimum atomic E-state index is -3.54. The first kappa shape index (κ1) is 26.8. The second-order valence-electron chi connectivity index (χ2n) is 6.42. The Bertz CT molecular complexity index is 585. The van der Waals surface area contributed by atoms with Crippen molar-refractivity contribution >= 4 is 26.2 Å². The molecule has 0 radical (unpaired) electrons. The zero-order chi connectivity index (χ0) is 22.4. The second-order valence-corrected chi connectivity index (χ2v) is 8.90. The van der Waals surface area contributed by atoms with E-state index in [9.17, 15) is 14.4 Å². The molecule has 0 fully saturated rings. The number of ketones is 3. The summed E-state index contributed by atoms with van der Waals surface area (Å²) in [6.07, 6.45) is 4.41. The molecule has 0 heterocycles. The van der Waals surface area contributed by atoms with Gasteiger partial charge in [-0.05, 0) is 54.9 Å². The highest BCUT2D eigenvalue weighted by atomic mass is 28.4. The molecule has 0 spiro atoms. The predicted octanol–water partition coefficient (Wildman–Crippen LogP) is 3.81. The first-order valence-electron chi connectivity index (χ1n) is 9.37. The van der Waals surface area contributed by atoms with E-state index < -0.39 is 8.80 Å². The minimum Gasteiger partial charge on any atom is -0.487 e. The van der Waals surface area contributed by atoms with Gasteiger partial charge in [-0.25, -0.2) is 9.78 Å². The molecule has 0 saturated heterocycles. The third kappa shape index (κ3) is 13.6. The number of carbonyl (C=O) groups is 3. The summed E-state index contributed by atoms with van der Waals surface area (Å²) in [4.78, 5) is 44.2. The molecule has 0 unspecified atom stereocenters. The fourth-order valence-electron chi connectivity index (χ4n) is 2.39. The van der Waals surface area contributed by atoms with Crippen molar-refractivity contribution in [2.75, 3.05) is 13.2 Å². The van der Waals surface area contributed by atoms with Crippen LogP contribution in [0.3, 0.4) is 0 Å². The van der Waals surface area contributed by atoms with E-state index in [1.165, 1.54) is 39.0 Å². The molecule has 0 atom stereocenters. The molecular weight excluding hydrogens is 396 g/mol. The third-order valence-corrected chi connectivity index (χ3v) is 5.95. The molecular formula is C20H32O8Si. The summed E-state index contributed by atoms with van der Waals surface area (Å²) >= 11 is 0. The Morgan fingerprint density at radius 1 is 0.690 bits per heavy atom. The van der Waals surface area contributed by atoms with Crippen molar-refractivity contribution in [3.05, 3.63) is 35.5 Å². The molecule has 0 rings (SSSR count). The predicted molar refractivity (Wildman–Crippen MR) is 109 cm³/mol. The van der Waals surface area contributed by atoms with E-state index in [0.29, 0.717) is 30.3 Å². The normalized spacial score (nSPS) is 13.1. The van der Waals surface area contributed by atoms with Crippen LogP contribution in [-0.2, 0) is 37.4 Å². The zero-order valence-corrected chi connectivity index (χ0v) is 19.3. The largest absolute Gasteiger partial charge is 0.698 e. The van der Waals surface area contributed by atoms with Crippen LogP contribution in [0.2, 0.25) is 6.04 Å². The molecule has 0 aliphatic rings. The summed E-state index contributed by atoms with van der Waals surface area (Å²) in [6, 6.07) is 0.287. The number of hydrogen-bond acceptors (Lipinski definition) is 8. The Morgan fingerprint density at radius 3 is 1.38 bits per heavy atom. The highest BCUT2D eigenvalue weighted by molar-refractivity contribution is 6.61.